The number of carbonyl (C=O) groups is 2. The number of hydrogen-bond acceptors (Lipinski definition) is 5. The van der Waals surface area contributed by atoms with Crippen LogP contribution in [0.3, 0.4) is 0 Å². The van der Waals surface area contributed by atoms with Gasteiger partial charge in [-0.05, 0) is 30.9 Å². The van der Waals surface area contributed by atoms with Crippen LogP contribution in [-0.2, 0) is 14.3 Å². The number of methoxy groups -OCH3 is 2. The maximum Gasteiger partial charge on any atom is 0.306 e. The van der Waals surface area contributed by atoms with Crippen molar-refractivity contribution in [2.24, 2.45) is 5.92 Å². The number of hydrogen-bond donors (Lipinski definition) is 1. The summed E-state index contributed by atoms with van der Waals surface area (Å²) in [5.41, 5.74) is 0.556. The Morgan fingerprint density at radius 2 is 1.81 bits per heavy atom. The van der Waals surface area contributed by atoms with E-state index in [-0.39, 0.29) is 18.5 Å². The molecule has 1 aliphatic rings. The minimum absolute atomic E-state index is 0.281. The number of rotatable bonds is 9. The van der Waals surface area contributed by atoms with Gasteiger partial charge in [-0.15, -0.1) is 0 Å². The van der Waals surface area contributed by atoms with Crippen molar-refractivity contribution in [1.82, 2.24) is 0 Å². The normalized spacial score (nSPS) is 14.5. The van der Waals surface area contributed by atoms with Gasteiger partial charge in [0.15, 0.2) is 18.1 Å². The Morgan fingerprint density at radius 1 is 1.08 bits per heavy atom. The summed E-state index contributed by atoms with van der Waals surface area (Å²) in [6.07, 6.45) is 8.81. The van der Waals surface area contributed by atoms with Crippen LogP contribution in [-0.4, -0.2) is 32.7 Å². The van der Waals surface area contributed by atoms with Crippen LogP contribution in [0.1, 0.15) is 51.4 Å². The molecule has 0 radical (unpaired) electrons. The number of anilines is 1. The summed E-state index contributed by atoms with van der Waals surface area (Å²) in [6.45, 7) is -0.281. The van der Waals surface area contributed by atoms with E-state index in [1.807, 2.05) is 0 Å². The maximum atomic E-state index is 11.9. The lowest BCUT2D eigenvalue weighted by Crippen LogP contribution is -2.21. The minimum Gasteiger partial charge on any atom is -0.493 e. The third-order valence-electron chi connectivity index (χ3n) is 4.75. The van der Waals surface area contributed by atoms with Crippen molar-refractivity contribution in [1.29, 1.82) is 0 Å². The van der Waals surface area contributed by atoms with Crippen molar-refractivity contribution in [3.8, 4) is 11.5 Å². The predicted molar refractivity (Wildman–Crippen MR) is 99.6 cm³/mol. The number of benzene rings is 1. The van der Waals surface area contributed by atoms with Crippen molar-refractivity contribution in [2.45, 2.75) is 51.4 Å². The molecular formula is C20H29NO5. The van der Waals surface area contributed by atoms with Crippen LogP contribution >= 0.6 is 0 Å². The summed E-state index contributed by atoms with van der Waals surface area (Å²) >= 11 is 0. The van der Waals surface area contributed by atoms with Gasteiger partial charge < -0.3 is 19.5 Å². The topological polar surface area (TPSA) is 73.9 Å². The fourth-order valence-electron chi connectivity index (χ4n) is 3.34. The second kappa shape index (κ2) is 10.7. The van der Waals surface area contributed by atoms with E-state index in [2.05, 4.69) is 5.32 Å². The molecule has 0 aromatic heterocycles. The summed E-state index contributed by atoms with van der Waals surface area (Å²) in [7, 11) is 3.07. The first-order valence-electron chi connectivity index (χ1n) is 9.30. The number of carbonyl (C=O) groups excluding carboxylic acids is 2. The van der Waals surface area contributed by atoms with E-state index < -0.39 is 0 Å². The van der Waals surface area contributed by atoms with E-state index in [0.717, 1.165) is 18.8 Å². The van der Waals surface area contributed by atoms with E-state index in [9.17, 15) is 9.59 Å². The van der Waals surface area contributed by atoms with E-state index in [1.165, 1.54) is 39.2 Å². The van der Waals surface area contributed by atoms with Crippen LogP contribution in [0.2, 0.25) is 0 Å². The second-order valence-electron chi connectivity index (χ2n) is 6.67. The molecule has 26 heavy (non-hydrogen) atoms. The van der Waals surface area contributed by atoms with Crippen LogP contribution < -0.4 is 14.8 Å². The van der Waals surface area contributed by atoms with Gasteiger partial charge in [0, 0.05) is 18.2 Å². The summed E-state index contributed by atoms with van der Waals surface area (Å²) in [6, 6.07) is 5.06. The first-order chi connectivity index (χ1) is 12.6. The molecular weight excluding hydrogens is 334 g/mol. The van der Waals surface area contributed by atoms with Gasteiger partial charge in [-0.1, -0.05) is 32.1 Å². The average molecular weight is 363 g/mol. The number of amides is 1. The zero-order valence-electron chi connectivity index (χ0n) is 15.7. The predicted octanol–water partition coefficient (Wildman–Crippen LogP) is 3.94. The van der Waals surface area contributed by atoms with Crippen molar-refractivity contribution in [3.63, 3.8) is 0 Å². The highest BCUT2D eigenvalue weighted by Gasteiger charge is 2.14. The van der Waals surface area contributed by atoms with Crippen LogP contribution in [0.5, 0.6) is 11.5 Å². The minimum atomic E-state index is -0.377. The molecule has 0 heterocycles. The molecule has 1 aromatic rings. The van der Waals surface area contributed by atoms with Gasteiger partial charge in [0.05, 0.1) is 14.2 Å². The van der Waals surface area contributed by atoms with Gasteiger partial charge in [0.25, 0.3) is 5.91 Å². The Hall–Kier alpha value is -2.24. The molecule has 0 spiro atoms. The molecule has 1 fully saturated rings. The number of esters is 1. The van der Waals surface area contributed by atoms with Crippen molar-refractivity contribution in [3.05, 3.63) is 18.2 Å². The highest BCUT2D eigenvalue weighted by Crippen LogP contribution is 2.30. The maximum absolute atomic E-state index is 11.9. The Morgan fingerprint density at radius 3 is 2.50 bits per heavy atom. The second-order valence-corrected chi connectivity index (χ2v) is 6.67. The van der Waals surface area contributed by atoms with Crippen molar-refractivity contribution >= 4 is 17.6 Å². The van der Waals surface area contributed by atoms with Gasteiger partial charge in [-0.25, -0.2) is 0 Å². The first-order valence-corrected chi connectivity index (χ1v) is 9.30. The van der Waals surface area contributed by atoms with Gasteiger partial charge in [-0.2, -0.15) is 0 Å². The molecule has 2 rings (SSSR count). The SMILES string of the molecule is COc1ccc(NC(=O)COC(=O)CCCC2CCCCC2)cc1OC. The molecule has 1 aliphatic carbocycles. The van der Waals surface area contributed by atoms with Crippen LogP contribution in [0.25, 0.3) is 0 Å². The van der Waals surface area contributed by atoms with Gasteiger partial charge in [0.2, 0.25) is 0 Å². The number of nitrogens with one attached hydrogen (secondary N) is 1. The van der Waals surface area contributed by atoms with Gasteiger partial charge >= 0.3 is 5.97 Å². The lowest BCUT2D eigenvalue weighted by atomic mass is 9.86. The molecule has 0 saturated heterocycles. The van der Waals surface area contributed by atoms with Crippen LogP contribution in [0.4, 0.5) is 5.69 Å². The smallest absolute Gasteiger partial charge is 0.306 e. The fourth-order valence-corrected chi connectivity index (χ4v) is 3.34. The average Bonchev–Trinajstić information content (AvgIpc) is 2.67. The Bertz CT molecular complexity index is 596. The lowest BCUT2D eigenvalue weighted by Gasteiger charge is -2.20. The Labute approximate surface area is 155 Å². The molecule has 1 saturated carbocycles. The van der Waals surface area contributed by atoms with Crippen molar-refractivity contribution < 1.29 is 23.8 Å². The highest BCUT2D eigenvalue weighted by molar-refractivity contribution is 5.93. The summed E-state index contributed by atoms with van der Waals surface area (Å²) in [4.78, 5) is 23.7. The summed E-state index contributed by atoms with van der Waals surface area (Å²) in [5.74, 6) is 1.16. The van der Waals surface area contributed by atoms with E-state index in [1.54, 1.807) is 25.3 Å². The lowest BCUT2D eigenvalue weighted by molar-refractivity contribution is -0.147. The zero-order chi connectivity index (χ0) is 18.8. The molecule has 1 amide bonds. The van der Waals surface area contributed by atoms with E-state index in [4.69, 9.17) is 14.2 Å². The Balaban J connectivity index is 1.66. The quantitative estimate of drug-likeness (QED) is 0.673. The molecule has 1 N–H and O–H groups in total. The van der Waals surface area contributed by atoms with Gasteiger partial charge in [0.1, 0.15) is 0 Å². The molecule has 1 aromatic carbocycles. The standard InChI is InChI=1S/C20H29NO5/c1-24-17-12-11-16(13-18(17)25-2)21-19(22)14-26-20(23)10-6-9-15-7-4-3-5-8-15/h11-13,15H,3-10,14H2,1-2H3,(H,21,22). The van der Waals surface area contributed by atoms with E-state index >= 15 is 0 Å². The van der Waals surface area contributed by atoms with E-state index in [0.29, 0.717) is 23.6 Å². The highest BCUT2D eigenvalue weighted by atomic mass is 16.5. The summed E-state index contributed by atoms with van der Waals surface area (Å²) in [5, 5.41) is 2.68. The van der Waals surface area contributed by atoms with Crippen molar-refractivity contribution in [2.75, 3.05) is 26.1 Å². The van der Waals surface area contributed by atoms with Crippen LogP contribution in [0.15, 0.2) is 18.2 Å². The van der Waals surface area contributed by atoms with Gasteiger partial charge in [-0.3, -0.25) is 9.59 Å². The largest absolute Gasteiger partial charge is 0.493 e. The first kappa shape index (κ1) is 20.1. The molecule has 144 valence electrons. The van der Waals surface area contributed by atoms with Crippen LogP contribution in [0, 0.1) is 5.92 Å². The zero-order valence-corrected chi connectivity index (χ0v) is 15.7. The number of ether oxygens (including phenoxy) is 3. The molecule has 0 unspecified atom stereocenters. The third kappa shape index (κ3) is 6.58. The molecule has 6 heteroatoms. The fraction of sp³-hybridized carbons (Fsp3) is 0.600. The molecule has 0 bridgehead atoms. The third-order valence-corrected chi connectivity index (χ3v) is 4.75. The summed E-state index contributed by atoms with van der Waals surface area (Å²) < 4.78 is 15.4. The molecule has 6 nitrogen and oxygen atoms in total. The monoisotopic (exact) mass is 363 g/mol. The molecule has 0 aliphatic heterocycles. The Kier molecular flexibility index (Phi) is 8.25. The molecule has 0 atom stereocenters.